The molecule has 3 rings (SSSR count). The smallest absolute Gasteiger partial charge is 0.350 e. The number of aromatic amines is 1. The normalized spacial score (nSPS) is 17.2. The molecule has 0 aliphatic carbocycles. The number of aromatic nitrogens is 4. The summed E-state index contributed by atoms with van der Waals surface area (Å²) in [5.74, 6) is -0.0989. The summed E-state index contributed by atoms with van der Waals surface area (Å²) in [6.45, 7) is 2.27. The van der Waals surface area contributed by atoms with Crippen molar-refractivity contribution in [3.05, 3.63) is 45.7 Å². The van der Waals surface area contributed by atoms with Crippen LogP contribution in [0.25, 0.3) is 0 Å². The number of amides is 1. The zero-order chi connectivity index (χ0) is 18.2. The molecule has 0 saturated heterocycles. The fourth-order valence-electron chi connectivity index (χ4n) is 2.84. The van der Waals surface area contributed by atoms with E-state index in [9.17, 15) is 22.8 Å². The van der Waals surface area contributed by atoms with Crippen LogP contribution in [-0.2, 0) is 19.1 Å². The molecule has 25 heavy (non-hydrogen) atoms. The Morgan fingerprint density at radius 1 is 1.44 bits per heavy atom. The topological polar surface area (TPSA) is 92.7 Å². The van der Waals surface area contributed by atoms with Crippen molar-refractivity contribution in [1.82, 2.24) is 24.8 Å². The summed E-state index contributed by atoms with van der Waals surface area (Å²) in [5, 5.41) is 2.68. The van der Waals surface area contributed by atoms with Crippen LogP contribution < -0.4 is 11.0 Å². The van der Waals surface area contributed by atoms with Crippen LogP contribution >= 0.6 is 0 Å². The second-order valence-electron chi connectivity index (χ2n) is 6.06. The van der Waals surface area contributed by atoms with E-state index >= 15 is 0 Å². The van der Waals surface area contributed by atoms with Gasteiger partial charge in [0.15, 0.2) is 5.69 Å². The first-order valence-corrected chi connectivity index (χ1v) is 7.72. The van der Waals surface area contributed by atoms with Gasteiger partial charge in [0.25, 0.3) is 5.91 Å². The summed E-state index contributed by atoms with van der Waals surface area (Å²) in [6, 6.07) is 1.46. The molecule has 2 aromatic rings. The third kappa shape index (κ3) is 3.89. The van der Waals surface area contributed by atoms with Crippen LogP contribution in [0.4, 0.5) is 13.2 Å². The molecular weight excluding hydrogens is 339 g/mol. The summed E-state index contributed by atoms with van der Waals surface area (Å²) in [4.78, 5) is 33.0. The Morgan fingerprint density at radius 3 is 2.88 bits per heavy atom. The number of fused-ring (bicyclic) bond motifs is 1. The number of H-pyrrole nitrogens is 1. The van der Waals surface area contributed by atoms with Gasteiger partial charge in [0.05, 0.1) is 0 Å². The van der Waals surface area contributed by atoms with Gasteiger partial charge >= 0.3 is 11.9 Å². The predicted octanol–water partition coefficient (Wildman–Crippen LogP) is 1.29. The largest absolute Gasteiger partial charge is 0.434 e. The lowest BCUT2D eigenvalue weighted by molar-refractivity contribution is -0.141. The Hall–Kier alpha value is -2.65. The average Bonchev–Trinajstić information content (AvgIpc) is 2.95. The lowest BCUT2D eigenvalue weighted by Crippen LogP contribution is -2.35. The van der Waals surface area contributed by atoms with Crippen LogP contribution in [-0.4, -0.2) is 32.0 Å². The number of nitrogens with zero attached hydrogens (tertiary/aromatic N) is 3. The first-order valence-electron chi connectivity index (χ1n) is 7.72. The van der Waals surface area contributed by atoms with E-state index in [1.807, 2.05) is 0 Å². The number of hydrogen-bond donors (Lipinski definition) is 2. The zero-order valence-corrected chi connectivity index (χ0v) is 13.4. The minimum Gasteiger partial charge on any atom is -0.350 e. The van der Waals surface area contributed by atoms with Crippen LogP contribution in [0.5, 0.6) is 0 Å². The van der Waals surface area contributed by atoms with Gasteiger partial charge in [-0.3, -0.25) is 4.79 Å². The van der Waals surface area contributed by atoms with Crippen LogP contribution in [0, 0.1) is 12.8 Å². The molecule has 0 spiro atoms. The molecule has 0 saturated carbocycles. The van der Waals surface area contributed by atoms with Gasteiger partial charge in [-0.15, -0.1) is 0 Å². The minimum absolute atomic E-state index is 0.0136. The van der Waals surface area contributed by atoms with Gasteiger partial charge < -0.3 is 14.9 Å². The van der Waals surface area contributed by atoms with Crippen LogP contribution in [0.3, 0.4) is 0 Å². The van der Waals surface area contributed by atoms with E-state index in [-0.39, 0.29) is 18.2 Å². The molecule has 2 aromatic heterocycles. The minimum atomic E-state index is -4.46. The lowest BCUT2D eigenvalue weighted by Gasteiger charge is -2.23. The van der Waals surface area contributed by atoms with Crippen molar-refractivity contribution < 1.29 is 18.0 Å². The van der Waals surface area contributed by atoms with E-state index in [0.29, 0.717) is 30.9 Å². The molecule has 0 radical (unpaired) electrons. The zero-order valence-electron chi connectivity index (χ0n) is 13.4. The summed E-state index contributed by atoms with van der Waals surface area (Å²) < 4.78 is 39.6. The van der Waals surface area contributed by atoms with Gasteiger partial charge in [0.1, 0.15) is 11.5 Å². The summed E-state index contributed by atoms with van der Waals surface area (Å²) >= 11 is 0. The first kappa shape index (κ1) is 17.2. The number of hydrogen-bond acceptors (Lipinski definition) is 4. The molecule has 1 aliphatic rings. The van der Waals surface area contributed by atoms with Crippen LogP contribution in [0.15, 0.2) is 17.1 Å². The average molecular weight is 355 g/mol. The highest BCUT2D eigenvalue weighted by atomic mass is 19.4. The quantitative estimate of drug-likeness (QED) is 0.868. The number of nitrogens with one attached hydrogen (secondary N) is 2. The third-order valence-corrected chi connectivity index (χ3v) is 4.04. The van der Waals surface area contributed by atoms with E-state index < -0.39 is 23.5 Å². The van der Waals surface area contributed by atoms with Gasteiger partial charge in [0, 0.05) is 31.4 Å². The van der Waals surface area contributed by atoms with E-state index in [2.05, 4.69) is 20.3 Å². The Labute approximate surface area is 140 Å². The van der Waals surface area contributed by atoms with Gasteiger partial charge in [-0.25, -0.2) is 9.78 Å². The molecule has 1 atom stereocenters. The maximum atomic E-state index is 12.7. The number of aryl methyl sites for hydroxylation is 2. The molecule has 7 nitrogen and oxygen atoms in total. The maximum absolute atomic E-state index is 12.7. The van der Waals surface area contributed by atoms with Gasteiger partial charge in [-0.1, -0.05) is 0 Å². The molecule has 0 fully saturated rings. The van der Waals surface area contributed by atoms with Crippen molar-refractivity contribution in [2.75, 3.05) is 6.54 Å². The summed E-state index contributed by atoms with van der Waals surface area (Å²) in [7, 11) is 0. The van der Waals surface area contributed by atoms with Crippen molar-refractivity contribution in [2.24, 2.45) is 5.92 Å². The highest BCUT2D eigenvalue weighted by Crippen LogP contribution is 2.30. The molecule has 10 heteroatoms. The van der Waals surface area contributed by atoms with Crippen molar-refractivity contribution in [3.8, 4) is 0 Å². The molecule has 0 aromatic carbocycles. The second-order valence-corrected chi connectivity index (χ2v) is 6.06. The van der Waals surface area contributed by atoms with Gasteiger partial charge in [-0.2, -0.15) is 18.2 Å². The monoisotopic (exact) mass is 355 g/mol. The Kier molecular flexibility index (Phi) is 4.36. The van der Waals surface area contributed by atoms with Crippen LogP contribution in [0.2, 0.25) is 0 Å². The molecule has 0 bridgehead atoms. The standard InChI is InChI=1S/C15H16F3N5O2/c1-8-4-10(21-14(25)20-8)13(24)19-5-9-2-3-12-22-11(15(16,17)18)7-23(12)6-9/h4,7,9H,2-3,5-6H2,1H3,(H,19,24)(H,20,21,25). The highest BCUT2D eigenvalue weighted by Gasteiger charge is 2.35. The SMILES string of the molecule is Cc1cc(C(=O)NCC2CCc3nc(C(F)(F)F)cn3C2)nc(=O)[nH]1. The van der Waals surface area contributed by atoms with Crippen molar-refractivity contribution in [2.45, 2.75) is 32.5 Å². The third-order valence-electron chi connectivity index (χ3n) is 4.04. The number of halogens is 3. The molecular formula is C15H16F3N5O2. The summed E-state index contributed by atoms with van der Waals surface area (Å²) in [6.07, 6.45) is -2.42. The molecule has 1 amide bonds. The lowest BCUT2D eigenvalue weighted by atomic mass is 9.99. The molecule has 1 aliphatic heterocycles. The molecule has 3 heterocycles. The molecule has 2 N–H and O–H groups in total. The number of carbonyl (C=O) groups is 1. The fourth-order valence-corrected chi connectivity index (χ4v) is 2.84. The second kappa shape index (κ2) is 6.34. The molecule has 134 valence electrons. The fraction of sp³-hybridized carbons (Fsp3) is 0.467. The van der Waals surface area contributed by atoms with E-state index in [1.165, 1.54) is 10.6 Å². The number of rotatable bonds is 3. The van der Waals surface area contributed by atoms with Gasteiger partial charge in [-0.05, 0) is 25.3 Å². The first-order chi connectivity index (χ1) is 11.7. The number of alkyl halides is 3. The molecule has 1 unspecified atom stereocenters. The van der Waals surface area contributed by atoms with Gasteiger partial charge in [0.2, 0.25) is 0 Å². The maximum Gasteiger partial charge on any atom is 0.434 e. The Bertz CT molecular complexity index is 856. The van der Waals surface area contributed by atoms with Crippen molar-refractivity contribution in [1.29, 1.82) is 0 Å². The van der Waals surface area contributed by atoms with Crippen molar-refractivity contribution >= 4 is 5.91 Å². The highest BCUT2D eigenvalue weighted by molar-refractivity contribution is 5.92. The number of imidazole rings is 1. The summed E-state index contributed by atoms with van der Waals surface area (Å²) in [5.41, 5.74) is -0.966. The predicted molar refractivity (Wildman–Crippen MR) is 81.0 cm³/mol. The van der Waals surface area contributed by atoms with E-state index in [0.717, 1.165) is 6.20 Å². The Morgan fingerprint density at radius 2 is 2.20 bits per heavy atom. The van der Waals surface area contributed by atoms with E-state index in [4.69, 9.17) is 0 Å². The Balaban J connectivity index is 1.62. The van der Waals surface area contributed by atoms with E-state index in [1.54, 1.807) is 6.92 Å². The van der Waals surface area contributed by atoms with Crippen molar-refractivity contribution in [3.63, 3.8) is 0 Å². The van der Waals surface area contributed by atoms with Crippen LogP contribution in [0.1, 0.15) is 34.1 Å². The number of carbonyl (C=O) groups excluding carboxylic acids is 1.